The van der Waals surface area contributed by atoms with Crippen LogP contribution in [0.2, 0.25) is 0 Å². The largest absolute Gasteiger partial charge is 0.480 e. The Hall–Kier alpha value is -1.95. The summed E-state index contributed by atoms with van der Waals surface area (Å²) in [6, 6.07) is 6.02. The minimum Gasteiger partial charge on any atom is -0.480 e. The second-order valence-corrected chi connectivity index (χ2v) is 5.26. The van der Waals surface area contributed by atoms with Gasteiger partial charge in [-0.05, 0) is 30.9 Å². The maximum atomic E-state index is 11.2. The maximum Gasteiger partial charge on any atom is 0.321 e. The Kier molecular flexibility index (Phi) is 4.34. The molecule has 6 nitrogen and oxygen atoms in total. The quantitative estimate of drug-likeness (QED) is 0.657. The minimum atomic E-state index is -0.765. The van der Waals surface area contributed by atoms with Crippen molar-refractivity contribution in [2.24, 2.45) is 5.92 Å². The number of benzene rings is 1. The Bertz CT molecular complexity index is 500. The van der Waals surface area contributed by atoms with Gasteiger partial charge in [0.1, 0.15) is 6.04 Å². The second-order valence-electron chi connectivity index (χ2n) is 5.26. The lowest BCUT2D eigenvalue weighted by molar-refractivity contribution is -0.384. The third-order valence-corrected chi connectivity index (χ3v) is 3.89. The third-order valence-electron chi connectivity index (χ3n) is 3.89. The molecule has 20 heavy (non-hydrogen) atoms. The summed E-state index contributed by atoms with van der Waals surface area (Å²) in [7, 11) is 0. The predicted molar refractivity (Wildman–Crippen MR) is 73.6 cm³/mol. The molecule has 2 rings (SSSR count). The number of carboxylic acids is 1. The fourth-order valence-electron chi connectivity index (χ4n) is 2.73. The molecule has 0 aliphatic carbocycles. The van der Waals surface area contributed by atoms with Crippen LogP contribution in [-0.4, -0.2) is 40.0 Å². The first-order valence-corrected chi connectivity index (χ1v) is 6.69. The summed E-state index contributed by atoms with van der Waals surface area (Å²) < 4.78 is 0. The van der Waals surface area contributed by atoms with E-state index >= 15 is 0 Å². The van der Waals surface area contributed by atoms with Crippen LogP contribution in [0.1, 0.15) is 18.9 Å². The summed E-state index contributed by atoms with van der Waals surface area (Å²) in [6.45, 7) is 3.43. The molecule has 1 saturated heterocycles. The summed E-state index contributed by atoms with van der Waals surface area (Å²) in [5.74, 6) is -0.594. The van der Waals surface area contributed by atoms with Gasteiger partial charge in [-0.1, -0.05) is 19.1 Å². The van der Waals surface area contributed by atoms with E-state index in [1.54, 1.807) is 12.1 Å². The Balaban J connectivity index is 1.95. The molecule has 0 bridgehead atoms. The van der Waals surface area contributed by atoms with Crippen molar-refractivity contribution in [3.05, 3.63) is 39.9 Å². The molecule has 1 N–H and O–H groups in total. The van der Waals surface area contributed by atoms with Crippen molar-refractivity contribution in [1.29, 1.82) is 0 Å². The van der Waals surface area contributed by atoms with Crippen LogP contribution in [0.4, 0.5) is 5.69 Å². The van der Waals surface area contributed by atoms with E-state index in [1.165, 1.54) is 12.1 Å². The van der Waals surface area contributed by atoms with E-state index in [1.807, 2.05) is 11.8 Å². The highest BCUT2D eigenvalue weighted by Crippen LogP contribution is 2.24. The molecule has 2 atom stereocenters. The van der Waals surface area contributed by atoms with Crippen molar-refractivity contribution in [2.45, 2.75) is 25.8 Å². The van der Waals surface area contributed by atoms with Crippen LogP contribution in [-0.2, 0) is 11.2 Å². The summed E-state index contributed by atoms with van der Waals surface area (Å²) in [5.41, 5.74) is 1.06. The molecule has 6 heteroatoms. The first-order valence-electron chi connectivity index (χ1n) is 6.69. The summed E-state index contributed by atoms with van der Waals surface area (Å²) >= 11 is 0. The van der Waals surface area contributed by atoms with Crippen molar-refractivity contribution in [2.75, 3.05) is 13.1 Å². The van der Waals surface area contributed by atoms with Crippen LogP contribution in [0.5, 0.6) is 0 Å². The van der Waals surface area contributed by atoms with E-state index in [4.69, 9.17) is 0 Å². The third kappa shape index (κ3) is 3.14. The molecule has 1 aromatic carbocycles. The molecule has 1 heterocycles. The monoisotopic (exact) mass is 278 g/mol. The van der Waals surface area contributed by atoms with E-state index in [0.717, 1.165) is 18.5 Å². The van der Waals surface area contributed by atoms with E-state index < -0.39 is 16.9 Å². The topological polar surface area (TPSA) is 83.7 Å². The number of rotatable bonds is 5. The number of nitro benzene ring substituents is 1. The molecule has 0 amide bonds. The average Bonchev–Trinajstić information content (AvgIpc) is 2.78. The lowest BCUT2D eigenvalue weighted by atomic mass is 10.0. The second kappa shape index (κ2) is 6.00. The number of nitrogens with zero attached hydrogens (tertiary/aromatic N) is 2. The Labute approximate surface area is 117 Å². The summed E-state index contributed by atoms with van der Waals surface area (Å²) in [6.07, 6.45) is 1.60. The van der Waals surface area contributed by atoms with Crippen molar-refractivity contribution in [1.82, 2.24) is 4.90 Å². The summed E-state index contributed by atoms with van der Waals surface area (Å²) in [5, 5.41) is 19.8. The Morgan fingerprint density at radius 2 is 2.10 bits per heavy atom. The van der Waals surface area contributed by atoms with Crippen LogP contribution in [0.3, 0.4) is 0 Å². The molecule has 0 aromatic heterocycles. The van der Waals surface area contributed by atoms with Crippen molar-refractivity contribution in [3.8, 4) is 0 Å². The van der Waals surface area contributed by atoms with Gasteiger partial charge in [0.2, 0.25) is 0 Å². The Morgan fingerprint density at radius 1 is 1.45 bits per heavy atom. The number of hydrogen-bond donors (Lipinski definition) is 1. The molecule has 1 fully saturated rings. The highest BCUT2D eigenvalue weighted by atomic mass is 16.6. The highest BCUT2D eigenvalue weighted by molar-refractivity contribution is 5.74. The average molecular weight is 278 g/mol. The molecule has 0 saturated carbocycles. The summed E-state index contributed by atoms with van der Waals surface area (Å²) in [4.78, 5) is 23.4. The lowest BCUT2D eigenvalue weighted by Gasteiger charge is -2.22. The van der Waals surface area contributed by atoms with E-state index in [2.05, 4.69) is 0 Å². The molecule has 1 aliphatic heterocycles. The fourth-order valence-corrected chi connectivity index (χ4v) is 2.73. The van der Waals surface area contributed by atoms with Crippen molar-refractivity contribution >= 4 is 11.7 Å². The smallest absolute Gasteiger partial charge is 0.321 e. The van der Waals surface area contributed by atoms with Crippen molar-refractivity contribution < 1.29 is 14.8 Å². The van der Waals surface area contributed by atoms with Gasteiger partial charge in [0.05, 0.1) is 4.92 Å². The van der Waals surface area contributed by atoms with Gasteiger partial charge in [0.15, 0.2) is 0 Å². The van der Waals surface area contributed by atoms with Crippen molar-refractivity contribution in [3.63, 3.8) is 0 Å². The zero-order valence-corrected chi connectivity index (χ0v) is 11.4. The first kappa shape index (κ1) is 14.5. The number of hydrogen-bond acceptors (Lipinski definition) is 4. The Morgan fingerprint density at radius 3 is 2.65 bits per heavy atom. The SMILES string of the molecule is CC1CCN(CCc2ccc([N+](=O)[O-])cc2)C1C(=O)O. The maximum absolute atomic E-state index is 11.2. The number of nitro groups is 1. The predicted octanol–water partition coefficient (Wildman–Crippen LogP) is 1.93. The van der Waals surface area contributed by atoms with Gasteiger partial charge < -0.3 is 5.11 Å². The normalized spacial score (nSPS) is 22.9. The molecular formula is C14H18N2O4. The number of likely N-dealkylation sites (tertiary alicyclic amines) is 1. The van der Waals surface area contributed by atoms with Crippen LogP contribution in [0.25, 0.3) is 0 Å². The zero-order valence-electron chi connectivity index (χ0n) is 11.4. The van der Waals surface area contributed by atoms with E-state index in [9.17, 15) is 20.0 Å². The molecule has 1 aliphatic rings. The highest BCUT2D eigenvalue weighted by Gasteiger charge is 2.36. The van der Waals surface area contributed by atoms with Gasteiger partial charge in [-0.15, -0.1) is 0 Å². The molecule has 1 aromatic rings. The first-order chi connectivity index (χ1) is 9.49. The van der Waals surface area contributed by atoms with Crippen LogP contribution < -0.4 is 0 Å². The van der Waals surface area contributed by atoms with E-state index in [-0.39, 0.29) is 11.6 Å². The van der Waals surface area contributed by atoms with Gasteiger partial charge >= 0.3 is 5.97 Å². The van der Waals surface area contributed by atoms with Gasteiger partial charge in [-0.2, -0.15) is 0 Å². The lowest BCUT2D eigenvalue weighted by Crippen LogP contribution is -2.40. The molecule has 2 unspecified atom stereocenters. The van der Waals surface area contributed by atoms with Gasteiger partial charge in [-0.25, -0.2) is 0 Å². The number of non-ortho nitro benzene ring substituents is 1. The number of aliphatic carboxylic acids is 1. The number of carboxylic acid groups (broad SMARTS) is 1. The molecule has 0 spiro atoms. The number of carbonyl (C=O) groups is 1. The van der Waals surface area contributed by atoms with Gasteiger partial charge in [-0.3, -0.25) is 19.8 Å². The molecule has 108 valence electrons. The standard InChI is InChI=1S/C14H18N2O4/c1-10-6-8-15(13(10)14(17)18)9-7-11-2-4-12(5-3-11)16(19)20/h2-5,10,13H,6-9H2,1H3,(H,17,18). The molecular weight excluding hydrogens is 260 g/mol. The molecule has 0 radical (unpaired) electrons. The zero-order chi connectivity index (χ0) is 14.7. The van der Waals surface area contributed by atoms with Gasteiger partial charge in [0.25, 0.3) is 5.69 Å². The fraction of sp³-hybridized carbons (Fsp3) is 0.500. The van der Waals surface area contributed by atoms with Crippen LogP contribution in [0, 0.1) is 16.0 Å². The van der Waals surface area contributed by atoms with E-state index in [0.29, 0.717) is 13.0 Å². The van der Waals surface area contributed by atoms with Gasteiger partial charge in [0, 0.05) is 18.7 Å². The minimum absolute atomic E-state index is 0.0759. The van der Waals surface area contributed by atoms with Crippen LogP contribution in [0.15, 0.2) is 24.3 Å². The van der Waals surface area contributed by atoms with Crippen LogP contribution >= 0.6 is 0 Å².